The Hall–Kier alpha value is -2.85. The molecule has 0 saturated carbocycles. The predicted octanol–water partition coefficient (Wildman–Crippen LogP) is -5.01. The molecule has 0 amide bonds. The Morgan fingerprint density at radius 3 is 2.46 bits per heavy atom. The third-order valence-corrected chi connectivity index (χ3v) is 7.74. The van der Waals surface area contributed by atoms with Crippen LogP contribution in [0.4, 0.5) is 0 Å². The highest BCUT2D eigenvalue weighted by Gasteiger charge is 2.47. The van der Waals surface area contributed by atoms with Crippen LogP contribution in [0.1, 0.15) is 19.3 Å². The van der Waals surface area contributed by atoms with Gasteiger partial charge in [-0.1, -0.05) is 18.2 Å². The van der Waals surface area contributed by atoms with E-state index < -0.39 is 79.3 Å². The van der Waals surface area contributed by atoms with E-state index in [1.807, 2.05) is 0 Å². The number of aliphatic carboxylic acids is 2. The van der Waals surface area contributed by atoms with E-state index in [1.54, 1.807) is 12.2 Å². The van der Waals surface area contributed by atoms with Gasteiger partial charge in [-0.15, -0.1) is 6.58 Å². The van der Waals surface area contributed by atoms with Crippen LogP contribution in [0.15, 0.2) is 36.6 Å². The standard InChI is InChI=1S/C27H39NO13/c1-3-16-17(7-6-14-9-15(24(35)36)11-28(10-14)8-4-5-20(30)31)18(25(37)38-2)13-39-26(16)41-27-23(34)22(33)21(32)19(12-29)40-27/h3,6-7,13-17,19,21-23,26-27,29,32-34H,1,4-5,8-12H2,2H3,(H,30,31)(H,35,36)/p-1/t14?,15?,16-,17+,19-,21-,22+,23-,26+,27-/m1/s1. The van der Waals surface area contributed by atoms with Crippen molar-refractivity contribution in [2.24, 2.45) is 23.7 Å². The second-order valence-electron chi connectivity index (χ2n) is 10.5. The number of methoxy groups -OCH3 is 1. The van der Waals surface area contributed by atoms with E-state index in [1.165, 1.54) is 13.2 Å². The van der Waals surface area contributed by atoms with E-state index in [4.69, 9.17) is 18.9 Å². The number of ether oxygens (including phenoxy) is 4. The number of carbonyl (C=O) groups excluding carboxylic acids is 3. The number of rotatable bonds is 12. The van der Waals surface area contributed by atoms with Crippen LogP contribution in [0.5, 0.6) is 0 Å². The van der Waals surface area contributed by atoms with E-state index >= 15 is 0 Å². The predicted molar refractivity (Wildman–Crippen MR) is 133 cm³/mol. The Morgan fingerprint density at radius 2 is 1.85 bits per heavy atom. The molecule has 3 rings (SSSR count). The molecule has 14 nitrogen and oxygen atoms in total. The Kier molecular flexibility index (Phi) is 11.8. The van der Waals surface area contributed by atoms with Crippen molar-refractivity contribution in [1.82, 2.24) is 0 Å². The van der Waals surface area contributed by atoms with Gasteiger partial charge in [0.25, 0.3) is 0 Å². The number of carboxylic acid groups (broad SMARTS) is 2. The number of esters is 1. The van der Waals surface area contributed by atoms with Crippen LogP contribution >= 0.6 is 0 Å². The zero-order valence-corrected chi connectivity index (χ0v) is 22.7. The molecule has 41 heavy (non-hydrogen) atoms. The molecule has 230 valence electrons. The zero-order chi connectivity index (χ0) is 30.3. The molecule has 11 atom stereocenters. The molecule has 0 radical (unpaired) electrons. The third-order valence-electron chi connectivity index (χ3n) is 7.74. The highest BCUT2D eigenvalue weighted by Crippen LogP contribution is 2.36. The number of hydrogen-bond acceptors (Lipinski definition) is 13. The number of hydrogen-bond donors (Lipinski definition) is 5. The fraction of sp³-hybridized carbons (Fsp3) is 0.667. The summed E-state index contributed by atoms with van der Waals surface area (Å²) in [5.74, 6) is -5.55. The molecule has 3 unspecified atom stereocenters. The van der Waals surface area contributed by atoms with Crippen molar-refractivity contribution in [3.8, 4) is 0 Å². The topological polar surface area (TPSA) is 220 Å². The second-order valence-corrected chi connectivity index (χ2v) is 10.5. The molecule has 3 heterocycles. The first-order chi connectivity index (χ1) is 19.5. The SMILES string of the molecule is C=C[C@H]1[C@H](O[C@H]2O[C@H](CO)[C@@H](O)[C@H](O)[C@H]2O)OC=C(C(=O)OC)[C@H]1C=CC1CC(C(=O)[O-])C[NH+](CCCC(=O)[O-])C1. The zero-order valence-electron chi connectivity index (χ0n) is 22.7. The molecule has 3 aliphatic heterocycles. The average molecular weight is 585 g/mol. The second kappa shape index (κ2) is 14.9. The summed E-state index contributed by atoms with van der Waals surface area (Å²) in [5, 5.41) is 62.5. The van der Waals surface area contributed by atoms with E-state index in [0.29, 0.717) is 26.1 Å². The van der Waals surface area contributed by atoms with Crippen LogP contribution in [0.25, 0.3) is 0 Å². The van der Waals surface area contributed by atoms with E-state index in [9.17, 15) is 45.0 Å². The third kappa shape index (κ3) is 8.13. The fourth-order valence-corrected chi connectivity index (χ4v) is 5.54. The molecule has 0 aliphatic carbocycles. The van der Waals surface area contributed by atoms with Gasteiger partial charge in [0.05, 0.1) is 57.1 Å². The lowest BCUT2D eigenvalue weighted by Gasteiger charge is -2.42. The molecule has 5 N–H and O–H groups in total. The largest absolute Gasteiger partial charge is 0.550 e. The number of aliphatic hydroxyl groups excluding tert-OH is 4. The maximum Gasteiger partial charge on any atom is 0.337 e. The van der Waals surface area contributed by atoms with Crippen LogP contribution in [-0.4, -0.2) is 109 Å². The minimum atomic E-state index is -1.68. The van der Waals surface area contributed by atoms with Gasteiger partial charge in [-0.2, -0.15) is 0 Å². The van der Waals surface area contributed by atoms with Crippen molar-refractivity contribution in [2.45, 2.75) is 56.3 Å². The van der Waals surface area contributed by atoms with Gasteiger partial charge in [-0.3, -0.25) is 0 Å². The van der Waals surface area contributed by atoms with Crippen LogP contribution in [0, 0.1) is 23.7 Å². The summed E-state index contributed by atoms with van der Waals surface area (Å²) < 4.78 is 21.7. The number of piperidine rings is 1. The van der Waals surface area contributed by atoms with Crippen LogP contribution in [0.3, 0.4) is 0 Å². The summed E-state index contributed by atoms with van der Waals surface area (Å²) in [6.45, 7) is 4.43. The van der Waals surface area contributed by atoms with Gasteiger partial charge >= 0.3 is 5.97 Å². The first kappa shape index (κ1) is 32.7. The Labute approximate surface area is 237 Å². The van der Waals surface area contributed by atoms with Gasteiger partial charge in [0.15, 0.2) is 6.29 Å². The monoisotopic (exact) mass is 584 g/mol. The molecule has 3 aliphatic rings. The van der Waals surface area contributed by atoms with Crippen molar-refractivity contribution in [3.05, 3.63) is 36.6 Å². The molecule has 14 heteroatoms. The fourth-order valence-electron chi connectivity index (χ4n) is 5.54. The summed E-state index contributed by atoms with van der Waals surface area (Å²) in [5.41, 5.74) is 0.118. The number of nitrogens with one attached hydrogen (secondary N) is 1. The molecule has 0 bridgehead atoms. The summed E-state index contributed by atoms with van der Waals surface area (Å²) in [6, 6.07) is 0. The lowest BCUT2D eigenvalue weighted by molar-refractivity contribution is -0.911. The Bertz CT molecular complexity index is 998. The van der Waals surface area contributed by atoms with Crippen molar-refractivity contribution >= 4 is 17.9 Å². The molecule has 0 aromatic heterocycles. The molecular weight excluding hydrogens is 546 g/mol. The Balaban J connectivity index is 1.81. The number of likely N-dealkylation sites (tertiary alicyclic amines) is 1. The van der Waals surface area contributed by atoms with Crippen molar-refractivity contribution in [1.29, 1.82) is 0 Å². The summed E-state index contributed by atoms with van der Waals surface area (Å²) in [7, 11) is 1.20. The average Bonchev–Trinajstić information content (AvgIpc) is 2.95. The quantitative estimate of drug-likeness (QED) is 0.107. The molecule has 2 fully saturated rings. The highest BCUT2D eigenvalue weighted by atomic mass is 16.8. The van der Waals surface area contributed by atoms with Crippen molar-refractivity contribution in [2.75, 3.05) is 33.4 Å². The summed E-state index contributed by atoms with van der Waals surface area (Å²) in [6.07, 6.45) is -2.28. The maximum absolute atomic E-state index is 12.6. The number of carbonyl (C=O) groups is 3. The van der Waals surface area contributed by atoms with Crippen LogP contribution in [0.2, 0.25) is 0 Å². The van der Waals surface area contributed by atoms with E-state index in [0.717, 1.165) is 11.2 Å². The van der Waals surface area contributed by atoms with Gasteiger partial charge in [0, 0.05) is 30.1 Å². The minimum Gasteiger partial charge on any atom is -0.550 e. The van der Waals surface area contributed by atoms with Gasteiger partial charge in [0.2, 0.25) is 6.29 Å². The van der Waals surface area contributed by atoms with Crippen molar-refractivity contribution < 1.29 is 68.9 Å². The smallest absolute Gasteiger partial charge is 0.337 e. The lowest BCUT2D eigenvalue weighted by Crippen LogP contribution is -3.14. The van der Waals surface area contributed by atoms with E-state index in [-0.39, 0.29) is 24.3 Å². The molecule has 2 saturated heterocycles. The van der Waals surface area contributed by atoms with Crippen molar-refractivity contribution in [3.63, 3.8) is 0 Å². The molecule has 0 aromatic carbocycles. The maximum atomic E-state index is 12.6. The summed E-state index contributed by atoms with van der Waals surface area (Å²) >= 11 is 0. The molecular formula is C27H38NO13-. The van der Waals surface area contributed by atoms with Crippen LogP contribution in [-0.2, 0) is 33.3 Å². The lowest BCUT2D eigenvalue weighted by atomic mass is 9.81. The first-order valence-electron chi connectivity index (χ1n) is 13.5. The summed E-state index contributed by atoms with van der Waals surface area (Å²) in [4.78, 5) is 36.0. The normalized spacial score (nSPS) is 37.6. The minimum absolute atomic E-state index is 0.118. The van der Waals surface area contributed by atoms with E-state index in [2.05, 4.69) is 6.58 Å². The van der Waals surface area contributed by atoms with Gasteiger partial charge in [-0.25, -0.2) is 4.79 Å². The van der Waals surface area contributed by atoms with Gasteiger partial charge in [0.1, 0.15) is 24.4 Å². The Morgan fingerprint density at radius 1 is 1.12 bits per heavy atom. The highest BCUT2D eigenvalue weighted by molar-refractivity contribution is 5.89. The van der Waals surface area contributed by atoms with Crippen LogP contribution < -0.4 is 15.1 Å². The number of allylic oxidation sites excluding steroid dienone is 1. The number of carboxylic acids is 2. The van der Waals surface area contributed by atoms with Gasteiger partial charge in [-0.05, 0) is 12.8 Å². The molecule has 0 spiro atoms. The van der Waals surface area contributed by atoms with Gasteiger partial charge < -0.3 is 64.1 Å². The number of aliphatic hydroxyl groups is 4. The molecule has 0 aromatic rings. The number of quaternary nitrogens is 1. The first-order valence-corrected chi connectivity index (χ1v) is 13.5.